The summed E-state index contributed by atoms with van der Waals surface area (Å²) in [5, 5.41) is 10.5. The average molecular weight is 427 g/mol. The van der Waals surface area contributed by atoms with Crippen LogP contribution in [-0.2, 0) is 7.05 Å². The van der Waals surface area contributed by atoms with Gasteiger partial charge in [0.15, 0.2) is 5.82 Å². The van der Waals surface area contributed by atoms with Gasteiger partial charge in [0.1, 0.15) is 0 Å². The Morgan fingerprint density at radius 3 is 2.67 bits per heavy atom. The van der Waals surface area contributed by atoms with Crippen molar-refractivity contribution in [3.8, 4) is 0 Å². The zero-order valence-electron chi connectivity index (χ0n) is 13.0. The predicted molar refractivity (Wildman–Crippen MR) is 105 cm³/mol. The van der Waals surface area contributed by atoms with E-state index in [4.69, 9.17) is 0 Å². The van der Waals surface area contributed by atoms with Gasteiger partial charge in [0.05, 0.1) is 10.9 Å². The molecule has 0 radical (unpaired) electrons. The Morgan fingerprint density at radius 2 is 1.83 bits per heavy atom. The molecule has 3 aromatic carbocycles. The molecule has 0 saturated heterocycles. The number of fused-ring (bicyclic) bond motifs is 2. The van der Waals surface area contributed by atoms with Crippen LogP contribution in [0.4, 0.5) is 5.82 Å². The maximum absolute atomic E-state index is 12.7. The van der Waals surface area contributed by atoms with Crippen molar-refractivity contribution in [1.29, 1.82) is 0 Å². The minimum atomic E-state index is -0.152. The number of aryl methyl sites for hydroxylation is 1. The van der Waals surface area contributed by atoms with Crippen molar-refractivity contribution in [2.75, 3.05) is 5.32 Å². The van der Waals surface area contributed by atoms with Gasteiger partial charge in [-0.3, -0.25) is 9.48 Å². The Labute approximate surface area is 152 Å². The van der Waals surface area contributed by atoms with Crippen LogP contribution in [0.2, 0.25) is 0 Å². The van der Waals surface area contributed by atoms with Crippen molar-refractivity contribution in [2.24, 2.45) is 7.05 Å². The zero-order valence-corrected chi connectivity index (χ0v) is 15.1. The van der Waals surface area contributed by atoms with Crippen LogP contribution in [0.3, 0.4) is 0 Å². The highest BCUT2D eigenvalue weighted by Crippen LogP contribution is 2.28. The number of nitrogens with zero attached hydrogens (tertiary/aromatic N) is 2. The van der Waals surface area contributed by atoms with E-state index in [9.17, 15) is 4.79 Å². The van der Waals surface area contributed by atoms with Crippen LogP contribution in [0, 0.1) is 3.57 Å². The van der Waals surface area contributed by atoms with Gasteiger partial charge in [0.25, 0.3) is 5.91 Å². The van der Waals surface area contributed by atoms with Gasteiger partial charge in [-0.25, -0.2) is 0 Å². The fraction of sp³-hybridized carbons (Fsp3) is 0.0526. The summed E-state index contributed by atoms with van der Waals surface area (Å²) in [6, 6.07) is 19.7. The van der Waals surface area contributed by atoms with Gasteiger partial charge in [0.2, 0.25) is 0 Å². The summed E-state index contributed by atoms with van der Waals surface area (Å²) in [7, 11) is 1.88. The number of aromatic nitrogens is 2. The van der Waals surface area contributed by atoms with Crippen LogP contribution in [0.1, 0.15) is 10.4 Å². The molecule has 0 bridgehead atoms. The van der Waals surface area contributed by atoms with Gasteiger partial charge in [-0.15, -0.1) is 0 Å². The molecule has 1 heterocycles. The van der Waals surface area contributed by atoms with Crippen molar-refractivity contribution in [1.82, 2.24) is 9.78 Å². The standard InChI is InChI=1S/C19H14IN3O/c1-23-16-8-4-7-15(20)17(16)18(22-23)21-19(24)14-10-9-12-5-2-3-6-13(12)11-14/h2-11H,1H3,(H,21,22,24). The topological polar surface area (TPSA) is 46.9 Å². The molecule has 0 unspecified atom stereocenters. The lowest BCUT2D eigenvalue weighted by Gasteiger charge is -2.05. The largest absolute Gasteiger partial charge is 0.305 e. The maximum Gasteiger partial charge on any atom is 0.256 e. The molecule has 1 amide bonds. The van der Waals surface area contributed by atoms with E-state index in [2.05, 4.69) is 33.0 Å². The van der Waals surface area contributed by atoms with Gasteiger partial charge < -0.3 is 5.32 Å². The molecule has 0 saturated carbocycles. The zero-order chi connectivity index (χ0) is 16.7. The first-order valence-corrected chi connectivity index (χ1v) is 8.63. The van der Waals surface area contributed by atoms with Crippen LogP contribution < -0.4 is 5.32 Å². The highest BCUT2D eigenvalue weighted by molar-refractivity contribution is 14.1. The second kappa shape index (κ2) is 5.90. The number of hydrogen-bond donors (Lipinski definition) is 1. The van der Waals surface area contributed by atoms with E-state index >= 15 is 0 Å². The van der Waals surface area contributed by atoms with Gasteiger partial charge in [-0.1, -0.05) is 36.4 Å². The molecule has 0 spiro atoms. The van der Waals surface area contributed by atoms with Gasteiger partial charge in [0, 0.05) is 16.2 Å². The normalized spacial score (nSPS) is 11.1. The summed E-state index contributed by atoms with van der Waals surface area (Å²) >= 11 is 2.27. The highest BCUT2D eigenvalue weighted by Gasteiger charge is 2.15. The summed E-state index contributed by atoms with van der Waals surface area (Å²) in [4.78, 5) is 12.7. The van der Waals surface area contributed by atoms with Crippen LogP contribution in [0.25, 0.3) is 21.7 Å². The Morgan fingerprint density at radius 1 is 1.04 bits per heavy atom. The lowest BCUT2D eigenvalue weighted by atomic mass is 10.1. The number of halogens is 1. The fourth-order valence-corrected chi connectivity index (χ4v) is 3.61. The molecule has 1 N–H and O–H groups in total. The van der Waals surface area contributed by atoms with Gasteiger partial charge >= 0.3 is 0 Å². The van der Waals surface area contributed by atoms with E-state index in [0.29, 0.717) is 11.4 Å². The van der Waals surface area contributed by atoms with Crippen molar-refractivity contribution < 1.29 is 4.79 Å². The van der Waals surface area contributed by atoms with E-state index in [1.165, 1.54) is 0 Å². The third-order valence-corrected chi connectivity index (χ3v) is 4.97. The van der Waals surface area contributed by atoms with Crippen LogP contribution >= 0.6 is 22.6 Å². The number of amides is 1. The highest BCUT2D eigenvalue weighted by atomic mass is 127. The summed E-state index contributed by atoms with van der Waals surface area (Å²) < 4.78 is 2.85. The van der Waals surface area contributed by atoms with Crippen LogP contribution in [0.15, 0.2) is 60.7 Å². The number of carbonyl (C=O) groups excluding carboxylic acids is 1. The molecule has 0 aliphatic heterocycles. The molecule has 0 fully saturated rings. The van der Waals surface area contributed by atoms with Gasteiger partial charge in [-0.2, -0.15) is 5.10 Å². The maximum atomic E-state index is 12.7. The fourth-order valence-electron chi connectivity index (χ4n) is 2.87. The van der Waals surface area contributed by atoms with Gasteiger partial charge in [-0.05, 0) is 57.6 Å². The van der Waals surface area contributed by atoms with E-state index in [1.54, 1.807) is 4.68 Å². The van der Waals surface area contributed by atoms with Crippen molar-refractivity contribution in [3.05, 3.63) is 69.8 Å². The molecular weight excluding hydrogens is 413 g/mol. The van der Waals surface area contributed by atoms with Crippen LogP contribution in [0.5, 0.6) is 0 Å². The SMILES string of the molecule is Cn1nc(NC(=O)c2ccc3ccccc3c2)c2c(I)cccc21. The van der Waals surface area contributed by atoms with E-state index in [1.807, 2.05) is 67.7 Å². The molecule has 4 aromatic rings. The third kappa shape index (κ3) is 2.54. The minimum absolute atomic E-state index is 0.152. The number of benzene rings is 3. The van der Waals surface area contributed by atoms with Crippen LogP contribution in [-0.4, -0.2) is 15.7 Å². The average Bonchev–Trinajstić information content (AvgIpc) is 2.91. The molecule has 4 nitrogen and oxygen atoms in total. The quantitative estimate of drug-likeness (QED) is 0.476. The lowest BCUT2D eigenvalue weighted by Crippen LogP contribution is -2.12. The summed E-state index contributed by atoms with van der Waals surface area (Å²) in [6.45, 7) is 0. The second-order valence-corrected chi connectivity index (χ2v) is 6.78. The summed E-state index contributed by atoms with van der Waals surface area (Å²) in [5.41, 5.74) is 1.62. The number of hydrogen-bond acceptors (Lipinski definition) is 2. The molecule has 0 atom stereocenters. The van der Waals surface area contributed by atoms with E-state index in [0.717, 1.165) is 25.2 Å². The molecule has 5 heteroatoms. The summed E-state index contributed by atoms with van der Waals surface area (Å²) in [6.07, 6.45) is 0. The first-order chi connectivity index (χ1) is 11.6. The third-order valence-electron chi connectivity index (χ3n) is 4.07. The lowest BCUT2D eigenvalue weighted by molar-refractivity contribution is 0.102. The molecule has 118 valence electrons. The predicted octanol–water partition coefficient (Wildman–Crippen LogP) is 4.58. The van der Waals surface area contributed by atoms with Crippen molar-refractivity contribution in [3.63, 3.8) is 0 Å². The van der Waals surface area contributed by atoms with Crippen molar-refractivity contribution in [2.45, 2.75) is 0 Å². The number of nitrogens with one attached hydrogen (secondary N) is 1. The molecule has 0 aliphatic rings. The molecule has 1 aromatic heterocycles. The smallest absolute Gasteiger partial charge is 0.256 e. The first kappa shape index (κ1) is 15.1. The Balaban J connectivity index is 1.73. The molecule has 0 aliphatic carbocycles. The van der Waals surface area contributed by atoms with E-state index < -0.39 is 0 Å². The Bertz CT molecular complexity index is 1080. The van der Waals surface area contributed by atoms with E-state index in [-0.39, 0.29) is 5.91 Å². The summed E-state index contributed by atoms with van der Waals surface area (Å²) in [5.74, 6) is 0.441. The Kier molecular flexibility index (Phi) is 3.72. The molecule has 4 rings (SSSR count). The first-order valence-electron chi connectivity index (χ1n) is 7.55. The molecule has 24 heavy (non-hydrogen) atoms. The Hall–Kier alpha value is -2.41. The monoisotopic (exact) mass is 427 g/mol. The minimum Gasteiger partial charge on any atom is -0.305 e. The molecular formula is C19H14IN3O. The number of carbonyl (C=O) groups is 1. The number of anilines is 1. The second-order valence-electron chi connectivity index (χ2n) is 5.62. The van der Waals surface area contributed by atoms with Crippen molar-refractivity contribution >= 4 is 56.0 Å². The number of rotatable bonds is 2.